The van der Waals surface area contributed by atoms with Crippen molar-refractivity contribution in [3.63, 3.8) is 0 Å². The molecule has 0 bridgehead atoms. The van der Waals surface area contributed by atoms with E-state index in [4.69, 9.17) is 15.5 Å². The Kier molecular flexibility index (Phi) is 3.01. The SMILES string of the molecule is CCCn1c(C2COCC2N)nc2cnccc21. The Bertz CT molecular complexity index is 551. The van der Waals surface area contributed by atoms with Crippen molar-refractivity contribution in [1.82, 2.24) is 14.5 Å². The van der Waals surface area contributed by atoms with Crippen LogP contribution >= 0.6 is 0 Å². The number of nitrogens with two attached hydrogens (primary N) is 1. The fourth-order valence-corrected chi connectivity index (χ4v) is 2.58. The van der Waals surface area contributed by atoms with Gasteiger partial charge in [0.1, 0.15) is 11.3 Å². The lowest BCUT2D eigenvalue weighted by Crippen LogP contribution is -2.29. The number of aryl methyl sites for hydroxylation is 1. The van der Waals surface area contributed by atoms with E-state index in [1.165, 1.54) is 0 Å². The summed E-state index contributed by atoms with van der Waals surface area (Å²) in [4.78, 5) is 8.84. The van der Waals surface area contributed by atoms with E-state index < -0.39 is 0 Å². The molecule has 3 rings (SSSR count). The molecule has 0 aliphatic carbocycles. The first-order chi connectivity index (χ1) is 8.81. The summed E-state index contributed by atoms with van der Waals surface area (Å²) in [5.41, 5.74) is 8.19. The van der Waals surface area contributed by atoms with Gasteiger partial charge in [0.25, 0.3) is 0 Å². The molecule has 96 valence electrons. The lowest BCUT2D eigenvalue weighted by atomic mass is 10.0. The van der Waals surface area contributed by atoms with Crippen LogP contribution in [-0.4, -0.2) is 33.8 Å². The quantitative estimate of drug-likeness (QED) is 0.886. The maximum atomic E-state index is 6.10. The van der Waals surface area contributed by atoms with E-state index >= 15 is 0 Å². The van der Waals surface area contributed by atoms with Gasteiger partial charge < -0.3 is 15.0 Å². The van der Waals surface area contributed by atoms with Gasteiger partial charge in [0.2, 0.25) is 0 Å². The molecule has 1 aliphatic rings. The summed E-state index contributed by atoms with van der Waals surface area (Å²) in [7, 11) is 0. The first kappa shape index (κ1) is 11.6. The van der Waals surface area contributed by atoms with Gasteiger partial charge in [-0.15, -0.1) is 0 Å². The van der Waals surface area contributed by atoms with Gasteiger partial charge in [-0.05, 0) is 12.5 Å². The third-order valence-corrected chi connectivity index (χ3v) is 3.48. The summed E-state index contributed by atoms with van der Waals surface area (Å²) in [6.07, 6.45) is 4.70. The number of hydrogen-bond donors (Lipinski definition) is 1. The van der Waals surface area contributed by atoms with Crippen LogP contribution in [0.4, 0.5) is 0 Å². The second kappa shape index (κ2) is 4.66. The standard InChI is InChI=1S/C13H18N4O/c1-2-5-17-12-3-4-15-6-11(12)16-13(17)9-7-18-8-10(9)14/h3-4,6,9-10H,2,5,7-8,14H2,1H3. The van der Waals surface area contributed by atoms with Crippen molar-refractivity contribution in [1.29, 1.82) is 0 Å². The first-order valence-corrected chi connectivity index (χ1v) is 6.44. The fraction of sp³-hybridized carbons (Fsp3) is 0.538. The minimum absolute atomic E-state index is 0.0466. The van der Waals surface area contributed by atoms with Gasteiger partial charge in [0.15, 0.2) is 0 Å². The molecule has 2 atom stereocenters. The van der Waals surface area contributed by atoms with Gasteiger partial charge in [-0.1, -0.05) is 6.92 Å². The van der Waals surface area contributed by atoms with Crippen LogP contribution in [0.3, 0.4) is 0 Å². The smallest absolute Gasteiger partial charge is 0.117 e. The lowest BCUT2D eigenvalue weighted by Gasteiger charge is -2.15. The van der Waals surface area contributed by atoms with Crippen LogP contribution in [0.2, 0.25) is 0 Å². The normalized spacial score (nSPS) is 23.9. The van der Waals surface area contributed by atoms with E-state index in [0.29, 0.717) is 13.2 Å². The van der Waals surface area contributed by atoms with Gasteiger partial charge in [-0.3, -0.25) is 4.98 Å². The van der Waals surface area contributed by atoms with E-state index in [9.17, 15) is 0 Å². The van der Waals surface area contributed by atoms with Crippen LogP contribution in [0.15, 0.2) is 18.5 Å². The van der Waals surface area contributed by atoms with Gasteiger partial charge in [-0.2, -0.15) is 0 Å². The van der Waals surface area contributed by atoms with E-state index in [0.717, 1.165) is 29.8 Å². The number of hydrogen-bond acceptors (Lipinski definition) is 4. The molecule has 5 heteroatoms. The predicted molar refractivity (Wildman–Crippen MR) is 69.4 cm³/mol. The molecule has 2 N–H and O–H groups in total. The lowest BCUT2D eigenvalue weighted by molar-refractivity contribution is 0.190. The molecule has 1 saturated heterocycles. The molecule has 3 heterocycles. The zero-order chi connectivity index (χ0) is 12.5. The van der Waals surface area contributed by atoms with Crippen molar-refractivity contribution in [2.45, 2.75) is 31.8 Å². The van der Waals surface area contributed by atoms with Crippen LogP contribution in [0.5, 0.6) is 0 Å². The Labute approximate surface area is 106 Å². The van der Waals surface area contributed by atoms with Crippen LogP contribution < -0.4 is 5.73 Å². The van der Waals surface area contributed by atoms with Crippen molar-refractivity contribution in [3.8, 4) is 0 Å². The number of ether oxygens (including phenoxy) is 1. The van der Waals surface area contributed by atoms with Gasteiger partial charge in [-0.25, -0.2) is 4.98 Å². The summed E-state index contributed by atoms with van der Waals surface area (Å²) in [5.74, 6) is 1.24. The molecule has 5 nitrogen and oxygen atoms in total. The molecule has 2 aromatic heterocycles. The summed E-state index contributed by atoms with van der Waals surface area (Å²) in [5, 5.41) is 0. The second-order valence-electron chi connectivity index (χ2n) is 4.79. The largest absolute Gasteiger partial charge is 0.379 e. The summed E-state index contributed by atoms with van der Waals surface area (Å²) in [6, 6.07) is 2.06. The molecule has 2 aromatic rings. The maximum Gasteiger partial charge on any atom is 0.117 e. The highest BCUT2D eigenvalue weighted by Crippen LogP contribution is 2.27. The monoisotopic (exact) mass is 246 g/mol. The molecular weight excluding hydrogens is 228 g/mol. The summed E-state index contributed by atoms with van der Waals surface area (Å²) in [6.45, 7) is 4.42. The van der Waals surface area contributed by atoms with Crippen molar-refractivity contribution >= 4 is 11.0 Å². The Hall–Kier alpha value is -1.46. The number of pyridine rings is 1. The number of aromatic nitrogens is 3. The highest BCUT2D eigenvalue weighted by atomic mass is 16.5. The van der Waals surface area contributed by atoms with Crippen LogP contribution in [0, 0.1) is 0 Å². The summed E-state index contributed by atoms with van der Waals surface area (Å²) < 4.78 is 7.72. The number of nitrogens with zero attached hydrogens (tertiary/aromatic N) is 3. The fourth-order valence-electron chi connectivity index (χ4n) is 2.58. The molecule has 1 aliphatic heterocycles. The van der Waals surface area contributed by atoms with E-state index in [1.807, 2.05) is 18.5 Å². The number of imidazole rings is 1. The third-order valence-electron chi connectivity index (χ3n) is 3.48. The van der Waals surface area contributed by atoms with Gasteiger partial charge >= 0.3 is 0 Å². The third kappa shape index (κ3) is 1.79. The summed E-state index contributed by atoms with van der Waals surface area (Å²) >= 11 is 0. The minimum Gasteiger partial charge on any atom is -0.379 e. The van der Waals surface area contributed by atoms with E-state index in [2.05, 4.69) is 16.5 Å². The molecule has 0 aromatic carbocycles. The van der Waals surface area contributed by atoms with E-state index in [1.54, 1.807) is 0 Å². The zero-order valence-corrected chi connectivity index (χ0v) is 10.5. The van der Waals surface area contributed by atoms with Crippen molar-refractivity contribution in [3.05, 3.63) is 24.3 Å². The molecule has 0 spiro atoms. The Morgan fingerprint density at radius 3 is 3.11 bits per heavy atom. The molecule has 1 fully saturated rings. The molecular formula is C13H18N4O. The molecule has 18 heavy (non-hydrogen) atoms. The van der Waals surface area contributed by atoms with Crippen LogP contribution in [0.1, 0.15) is 25.1 Å². The first-order valence-electron chi connectivity index (χ1n) is 6.44. The van der Waals surface area contributed by atoms with Gasteiger partial charge in [0.05, 0.1) is 30.8 Å². The highest BCUT2D eigenvalue weighted by Gasteiger charge is 2.30. The molecule has 2 unspecified atom stereocenters. The average Bonchev–Trinajstić information content (AvgIpc) is 2.94. The predicted octanol–water partition coefficient (Wildman–Crippen LogP) is 1.28. The maximum absolute atomic E-state index is 6.10. The van der Waals surface area contributed by atoms with Crippen LogP contribution in [-0.2, 0) is 11.3 Å². The van der Waals surface area contributed by atoms with Crippen molar-refractivity contribution in [2.24, 2.45) is 5.73 Å². The van der Waals surface area contributed by atoms with Gasteiger partial charge in [0, 0.05) is 18.8 Å². The number of rotatable bonds is 3. The topological polar surface area (TPSA) is 66.0 Å². The van der Waals surface area contributed by atoms with Crippen molar-refractivity contribution in [2.75, 3.05) is 13.2 Å². The average molecular weight is 246 g/mol. The number of fused-ring (bicyclic) bond motifs is 1. The Balaban J connectivity index is 2.12. The Morgan fingerprint density at radius 1 is 1.50 bits per heavy atom. The second-order valence-corrected chi connectivity index (χ2v) is 4.79. The molecule has 0 saturated carbocycles. The molecule has 0 radical (unpaired) electrons. The molecule has 0 amide bonds. The zero-order valence-electron chi connectivity index (χ0n) is 10.5. The Morgan fingerprint density at radius 2 is 2.39 bits per heavy atom. The van der Waals surface area contributed by atoms with Crippen LogP contribution in [0.25, 0.3) is 11.0 Å². The highest BCUT2D eigenvalue weighted by molar-refractivity contribution is 5.74. The minimum atomic E-state index is 0.0466. The van der Waals surface area contributed by atoms with E-state index in [-0.39, 0.29) is 12.0 Å². The van der Waals surface area contributed by atoms with Crippen molar-refractivity contribution < 1.29 is 4.74 Å².